The van der Waals surface area contributed by atoms with Crippen molar-refractivity contribution in [3.05, 3.63) is 29.8 Å². The molecule has 1 amide bonds. The highest BCUT2D eigenvalue weighted by molar-refractivity contribution is 7.89. The lowest BCUT2D eigenvalue weighted by atomic mass is 9.65. The molecule has 1 aromatic carbocycles. The van der Waals surface area contributed by atoms with Crippen molar-refractivity contribution >= 4 is 21.9 Å². The van der Waals surface area contributed by atoms with E-state index in [2.05, 4.69) is 26.1 Å². The second kappa shape index (κ2) is 10.2. The number of carbonyl (C=O) groups is 2. The van der Waals surface area contributed by atoms with E-state index in [4.69, 9.17) is 4.74 Å². The van der Waals surface area contributed by atoms with Crippen LogP contribution in [0.5, 0.6) is 0 Å². The fourth-order valence-electron chi connectivity index (χ4n) is 6.69. The van der Waals surface area contributed by atoms with Crippen LogP contribution in [0.2, 0.25) is 0 Å². The van der Waals surface area contributed by atoms with Gasteiger partial charge in [-0.25, -0.2) is 13.2 Å². The smallest absolute Gasteiger partial charge is 0.338 e. The summed E-state index contributed by atoms with van der Waals surface area (Å²) in [4.78, 5) is 25.1. The zero-order valence-electron chi connectivity index (χ0n) is 21.3. The predicted octanol–water partition coefficient (Wildman–Crippen LogP) is 4.66. The highest BCUT2D eigenvalue weighted by Gasteiger charge is 2.53. The maximum Gasteiger partial charge on any atom is 0.338 e. The molecule has 2 atom stereocenters. The van der Waals surface area contributed by atoms with Crippen LogP contribution in [-0.4, -0.2) is 49.8 Å². The molecule has 2 aliphatic carbocycles. The number of esters is 1. The molecule has 1 heterocycles. The fourth-order valence-corrected chi connectivity index (χ4v) is 8.51. The molecular formula is C27H40N2O5S. The van der Waals surface area contributed by atoms with Gasteiger partial charge >= 0.3 is 5.97 Å². The van der Waals surface area contributed by atoms with E-state index < -0.39 is 16.0 Å². The molecule has 3 fully saturated rings. The molecule has 0 spiro atoms. The minimum Gasteiger partial charge on any atom is -0.452 e. The van der Waals surface area contributed by atoms with Crippen molar-refractivity contribution in [3.8, 4) is 0 Å². The van der Waals surface area contributed by atoms with E-state index >= 15 is 0 Å². The van der Waals surface area contributed by atoms with Crippen molar-refractivity contribution in [3.63, 3.8) is 0 Å². The molecule has 1 N–H and O–H groups in total. The van der Waals surface area contributed by atoms with Gasteiger partial charge < -0.3 is 10.1 Å². The monoisotopic (exact) mass is 504 g/mol. The van der Waals surface area contributed by atoms with Crippen molar-refractivity contribution in [1.82, 2.24) is 9.62 Å². The Morgan fingerprint density at radius 3 is 2.46 bits per heavy atom. The Labute approximate surface area is 210 Å². The van der Waals surface area contributed by atoms with Crippen molar-refractivity contribution in [2.24, 2.45) is 10.8 Å². The van der Waals surface area contributed by atoms with Crippen LogP contribution in [0.1, 0.15) is 95.3 Å². The van der Waals surface area contributed by atoms with Gasteiger partial charge in [-0.15, -0.1) is 0 Å². The number of hydrogen-bond donors (Lipinski definition) is 1. The molecule has 1 saturated heterocycles. The summed E-state index contributed by atoms with van der Waals surface area (Å²) in [5.74, 6) is -1.00. The van der Waals surface area contributed by atoms with E-state index in [9.17, 15) is 18.0 Å². The Bertz CT molecular complexity index is 1050. The van der Waals surface area contributed by atoms with Gasteiger partial charge in [0.05, 0.1) is 10.5 Å². The number of carbonyl (C=O) groups excluding carboxylic acids is 2. The summed E-state index contributed by atoms with van der Waals surface area (Å²) in [5.41, 5.74) is 0.211. The number of benzene rings is 1. The van der Waals surface area contributed by atoms with Gasteiger partial charge in [0, 0.05) is 18.6 Å². The summed E-state index contributed by atoms with van der Waals surface area (Å²) in [6.07, 6.45) is 10.4. The van der Waals surface area contributed by atoms with E-state index in [0.29, 0.717) is 6.54 Å². The molecule has 3 aliphatic rings. The van der Waals surface area contributed by atoms with Crippen molar-refractivity contribution in [1.29, 1.82) is 0 Å². The molecule has 0 aromatic heterocycles. The Morgan fingerprint density at radius 2 is 1.74 bits per heavy atom. The van der Waals surface area contributed by atoms with Crippen LogP contribution in [0.15, 0.2) is 29.2 Å². The van der Waals surface area contributed by atoms with Gasteiger partial charge in [0.1, 0.15) is 0 Å². The lowest BCUT2D eigenvalue weighted by Crippen LogP contribution is -2.38. The highest BCUT2D eigenvalue weighted by Crippen LogP contribution is 2.53. The number of hydrogen-bond acceptors (Lipinski definition) is 5. The van der Waals surface area contributed by atoms with E-state index in [-0.39, 0.29) is 45.9 Å². The fraction of sp³-hybridized carbons (Fsp3) is 0.704. The zero-order chi connectivity index (χ0) is 25.3. The highest BCUT2D eigenvalue weighted by atomic mass is 32.2. The lowest BCUT2D eigenvalue weighted by Gasteiger charge is -2.39. The minimum absolute atomic E-state index is 0.0265. The molecule has 1 aliphatic heterocycles. The quantitative estimate of drug-likeness (QED) is 0.569. The molecule has 0 radical (unpaired) electrons. The summed E-state index contributed by atoms with van der Waals surface area (Å²) in [6, 6.07) is 6.10. The summed E-state index contributed by atoms with van der Waals surface area (Å²) in [6.45, 7) is 6.72. The average Bonchev–Trinajstić information content (AvgIpc) is 3.03. The Morgan fingerprint density at radius 1 is 1.06 bits per heavy atom. The number of nitrogens with zero attached hydrogens (tertiary/aromatic N) is 1. The van der Waals surface area contributed by atoms with E-state index in [1.54, 1.807) is 10.4 Å². The number of nitrogens with one attached hydrogen (secondary N) is 1. The molecule has 2 bridgehead atoms. The first-order valence-corrected chi connectivity index (χ1v) is 14.5. The molecular weight excluding hydrogens is 464 g/mol. The Balaban J connectivity index is 1.38. The maximum absolute atomic E-state index is 13.6. The van der Waals surface area contributed by atoms with Gasteiger partial charge in [-0.3, -0.25) is 4.79 Å². The summed E-state index contributed by atoms with van der Waals surface area (Å²) in [7, 11) is -3.75. The first kappa shape index (κ1) is 26.1. The first-order valence-electron chi connectivity index (χ1n) is 13.1. The van der Waals surface area contributed by atoms with Crippen LogP contribution < -0.4 is 5.32 Å². The predicted molar refractivity (Wildman–Crippen MR) is 134 cm³/mol. The van der Waals surface area contributed by atoms with Gasteiger partial charge in [-0.2, -0.15) is 4.31 Å². The first-order chi connectivity index (χ1) is 16.5. The molecule has 8 heteroatoms. The molecule has 1 aromatic rings. The third-order valence-electron chi connectivity index (χ3n) is 7.85. The topological polar surface area (TPSA) is 92.8 Å². The van der Waals surface area contributed by atoms with E-state index in [1.165, 1.54) is 37.5 Å². The van der Waals surface area contributed by atoms with Crippen LogP contribution >= 0.6 is 0 Å². The third-order valence-corrected chi connectivity index (χ3v) is 9.74. The second-order valence-corrected chi connectivity index (χ2v) is 13.9. The van der Waals surface area contributed by atoms with Crippen LogP contribution in [-0.2, 0) is 19.6 Å². The normalized spacial score (nSPS) is 27.6. The second-order valence-electron chi connectivity index (χ2n) is 12.0. The molecule has 2 saturated carbocycles. The average molecular weight is 505 g/mol. The number of rotatable bonds is 6. The van der Waals surface area contributed by atoms with Gasteiger partial charge in [0.25, 0.3) is 5.91 Å². The van der Waals surface area contributed by atoms with Crippen LogP contribution in [0, 0.1) is 10.8 Å². The third kappa shape index (κ3) is 6.26. The SMILES string of the molecule is CC1(C)CC2CC(C)(CN2S(=O)(=O)c2cccc(C(=O)OCC(=O)NC3CCCCCCC3)c2)C1. The summed E-state index contributed by atoms with van der Waals surface area (Å²) >= 11 is 0. The van der Waals surface area contributed by atoms with Crippen molar-refractivity contribution < 1.29 is 22.7 Å². The van der Waals surface area contributed by atoms with E-state index in [0.717, 1.165) is 44.9 Å². The maximum atomic E-state index is 13.6. The largest absolute Gasteiger partial charge is 0.452 e. The lowest BCUT2D eigenvalue weighted by molar-refractivity contribution is -0.125. The molecule has 2 unspecified atom stereocenters. The molecule has 7 nitrogen and oxygen atoms in total. The van der Waals surface area contributed by atoms with Crippen LogP contribution in [0.3, 0.4) is 0 Å². The number of fused-ring (bicyclic) bond motifs is 2. The zero-order valence-corrected chi connectivity index (χ0v) is 22.2. The number of amides is 1. The minimum atomic E-state index is -3.75. The van der Waals surface area contributed by atoms with Crippen LogP contribution in [0.4, 0.5) is 0 Å². The Hall–Kier alpha value is -1.93. The van der Waals surface area contributed by atoms with Crippen molar-refractivity contribution in [2.45, 2.75) is 102 Å². The number of sulfonamides is 1. The number of ether oxygens (including phenoxy) is 1. The molecule has 35 heavy (non-hydrogen) atoms. The van der Waals surface area contributed by atoms with Crippen molar-refractivity contribution in [2.75, 3.05) is 13.2 Å². The van der Waals surface area contributed by atoms with Crippen LogP contribution in [0.25, 0.3) is 0 Å². The standard InChI is InChI=1S/C27H40N2O5S/c1-26(2)15-22-16-27(3,18-26)19-29(22)35(32,33)23-13-9-10-20(14-23)25(31)34-17-24(30)28-21-11-7-5-4-6-8-12-21/h9-10,13-14,21-22H,4-8,11-12,15-19H2,1-3H3,(H,28,30). The van der Waals surface area contributed by atoms with Gasteiger partial charge in [0.2, 0.25) is 10.0 Å². The molecule has 194 valence electrons. The van der Waals surface area contributed by atoms with Gasteiger partial charge in [0.15, 0.2) is 6.61 Å². The Kier molecular flexibility index (Phi) is 7.62. The van der Waals surface area contributed by atoms with Gasteiger partial charge in [-0.1, -0.05) is 58.9 Å². The molecule has 4 rings (SSSR count). The van der Waals surface area contributed by atoms with E-state index in [1.807, 2.05) is 0 Å². The van der Waals surface area contributed by atoms with Gasteiger partial charge in [-0.05, 0) is 61.1 Å². The summed E-state index contributed by atoms with van der Waals surface area (Å²) in [5, 5.41) is 2.98. The summed E-state index contributed by atoms with van der Waals surface area (Å²) < 4.78 is 34.0.